The lowest BCUT2D eigenvalue weighted by Crippen LogP contribution is -2.47. The molecule has 1 aromatic heterocycles. The molecule has 0 aromatic carbocycles. The quantitative estimate of drug-likeness (QED) is 0.581. The van der Waals surface area contributed by atoms with Crippen LogP contribution in [-0.4, -0.2) is 24.5 Å². The van der Waals surface area contributed by atoms with Gasteiger partial charge in [0, 0.05) is 12.1 Å². The molecular formula is C12H17N2O3+. The highest BCUT2D eigenvalue weighted by atomic mass is 16.5. The van der Waals surface area contributed by atoms with Gasteiger partial charge in [0.05, 0.1) is 6.61 Å². The number of hydrogen-bond acceptors (Lipinski definition) is 3. The first-order valence-corrected chi connectivity index (χ1v) is 5.53. The van der Waals surface area contributed by atoms with Crippen molar-refractivity contribution >= 4 is 11.9 Å². The summed E-state index contributed by atoms with van der Waals surface area (Å²) in [6.07, 6.45) is 3.57. The highest BCUT2D eigenvalue weighted by molar-refractivity contribution is 5.83. The zero-order valence-corrected chi connectivity index (χ0v) is 10.1. The number of nitrogens with zero attached hydrogens (tertiary/aromatic N) is 1. The first kappa shape index (κ1) is 13.2. The van der Waals surface area contributed by atoms with E-state index in [4.69, 9.17) is 4.74 Å². The molecule has 1 heterocycles. The van der Waals surface area contributed by atoms with Crippen molar-refractivity contribution in [2.75, 3.05) is 6.61 Å². The Bertz CT molecular complexity index is 379. The van der Waals surface area contributed by atoms with Crippen LogP contribution in [0.2, 0.25) is 0 Å². The van der Waals surface area contributed by atoms with E-state index in [0.717, 1.165) is 0 Å². The van der Waals surface area contributed by atoms with Gasteiger partial charge in [-0.3, -0.25) is 4.79 Å². The fourth-order valence-corrected chi connectivity index (χ4v) is 1.32. The van der Waals surface area contributed by atoms with E-state index in [2.05, 4.69) is 5.32 Å². The van der Waals surface area contributed by atoms with Crippen LogP contribution >= 0.6 is 0 Å². The standard InChI is InChI=1S/C12H16N2O3/c1-3-17-12(16)10(2)13-11(15)9-14-7-5-4-6-8-14/h4-8,10H,3,9H2,1-2H3/p+1. The first-order chi connectivity index (χ1) is 8.13. The number of esters is 1. The van der Waals surface area contributed by atoms with Gasteiger partial charge in [-0.2, -0.15) is 4.57 Å². The number of nitrogens with one attached hydrogen (secondary N) is 1. The number of carbonyl (C=O) groups is 2. The van der Waals surface area contributed by atoms with Crippen LogP contribution in [0.25, 0.3) is 0 Å². The lowest BCUT2D eigenvalue weighted by molar-refractivity contribution is -0.684. The van der Waals surface area contributed by atoms with E-state index in [9.17, 15) is 9.59 Å². The third kappa shape index (κ3) is 4.63. The zero-order chi connectivity index (χ0) is 12.7. The molecular weight excluding hydrogens is 220 g/mol. The van der Waals surface area contributed by atoms with Crippen LogP contribution in [0.3, 0.4) is 0 Å². The maximum atomic E-state index is 11.6. The van der Waals surface area contributed by atoms with Crippen molar-refractivity contribution in [1.82, 2.24) is 5.32 Å². The minimum Gasteiger partial charge on any atom is -0.464 e. The van der Waals surface area contributed by atoms with Crippen LogP contribution in [0.15, 0.2) is 30.6 Å². The molecule has 1 aromatic rings. The van der Waals surface area contributed by atoms with Gasteiger partial charge in [-0.05, 0) is 13.8 Å². The third-order valence-electron chi connectivity index (χ3n) is 2.12. The molecule has 5 heteroatoms. The Kier molecular flexibility index (Phi) is 5.13. The number of carbonyl (C=O) groups excluding carboxylic acids is 2. The minimum absolute atomic E-state index is 0.185. The largest absolute Gasteiger partial charge is 0.464 e. The van der Waals surface area contributed by atoms with Crippen molar-refractivity contribution < 1.29 is 18.9 Å². The van der Waals surface area contributed by atoms with Gasteiger partial charge in [0.25, 0.3) is 5.91 Å². The molecule has 0 spiro atoms. The fraction of sp³-hybridized carbons (Fsp3) is 0.417. The predicted molar refractivity (Wildman–Crippen MR) is 60.9 cm³/mol. The van der Waals surface area contributed by atoms with Crippen molar-refractivity contribution in [3.05, 3.63) is 30.6 Å². The van der Waals surface area contributed by atoms with E-state index in [1.807, 2.05) is 18.2 Å². The molecule has 92 valence electrons. The second-order valence-electron chi connectivity index (χ2n) is 3.59. The Morgan fingerprint density at radius 1 is 1.29 bits per heavy atom. The third-order valence-corrected chi connectivity index (χ3v) is 2.12. The molecule has 1 atom stereocenters. The molecule has 0 aliphatic rings. The summed E-state index contributed by atoms with van der Waals surface area (Å²) in [5, 5.41) is 2.58. The van der Waals surface area contributed by atoms with Crippen molar-refractivity contribution in [2.45, 2.75) is 26.4 Å². The number of amides is 1. The molecule has 0 fully saturated rings. The summed E-state index contributed by atoms with van der Waals surface area (Å²) in [7, 11) is 0. The van der Waals surface area contributed by atoms with Gasteiger partial charge < -0.3 is 10.1 Å². The summed E-state index contributed by atoms with van der Waals surface area (Å²) >= 11 is 0. The molecule has 1 unspecified atom stereocenters. The molecule has 0 aliphatic heterocycles. The van der Waals surface area contributed by atoms with Gasteiger partial charge in [0.1, 0.15) is 6.04 Å². The second-order valence-corrected chi connectivity index (χ2v) is 3.59. The van der Waals surface area contributed by atoms with E-state index in [1.165, 1.54) is 0 Å². The van der Waals surface area contributed by atoms with Gasteiger partial charge in [-0.15, -0.1) is 0 Å². The number of pyridine rings is 1. The lowest BCUT2D eigenvalue weighted by Gasteiger charge is -2.11. The molecule has 5 nitrogen and oxygen atoms in total. The van der Waals surface area contributed by atoms with Crippen LogP contribution in [0.4, 0.5) is 0 Å². The molecule has 0 saturated heterocycles. The molecule has 0 saturated carbocycles. The molecule has 1 rings (SSSR count). The Hall–Kier alpha value is -1.91. The lowest BCUT2D eigenvalue weighted by atomic mass is 10.3. The average molecular weight is 237 g/mol. The number of hydrogen-bond donors (Lipinski definition) is 1. The fourth-order valence-electron chi connectivity index (χ4n) is 1.32. The maximum absolute atomic E-state index is 11.6. The van der Waals surface area contributed by atoms with Gasteiger partial charge in [0.15, 0.2) is 12.4 Å². The van der Waals surface area contributed by atoms with Crippen molar-refractivity contribution in [2.24, 2.45) is 0 Å². The van der Waals surface area contributed by atoms with E-state index in [0.29, 0.717) is 6.61 Å². The maximum Gasteiger partial charge on any atom is 0.328 e. The monoisotopic (exact) mass is 237 g/mol. The van der Waals surface area contributed by atoms with E-state index < -0.39 is 12.0 Å². The summed E-state index contributed by atoms with van der Waals surface area (Å²) < 4.78 is 6.52. The normalized spacial score (nSPS) is 11.6. The summed E-state index contributed by atoms with van der Waals surface area (Å²) in [4.78, 5) is 22.9. The average Bonchev–Trinajstić information content (AvgIpc) is 2.30. The van der Waals surface area contributed by atoms with Crippen molar-refractivity contribution in [1.29, 1.82) is 0 Å². The van der Waals surface area contributed by atoms with Crippen molar-refractivity contribution in [3.63, 3.8) is 0 Å². The van der Waals surface area contributed by atoms with Gasteiger partial charge >= 0.3 is 5.97 Å². The van der Waals surface area contributed by atoms with Gasteiger partial charge in [0.2, 0.25) is 6.54 Å². The van der Waals surface area contributed by atoms with Gasteiger partial charge in [-0.25, -0.2) is 4.79 Å². The minimum atomic E-state index is -0.619. The van der Waals surface area contributed by atoms with Crippen LogP contribution in [0.1, 0.15) is 13.8 Å². The summed E-state index contributed by atoms with van der Waals surface area (Å²) in [5.41, 5.74) is 0. The Labute approximate surface area is 100 Å². The SMILES string of the molecule is CCOC(=O)C(C)NC(=O)C[n+]1ccccc1. The zero-order valence-electron chi connectivity index (χ0n) is 10.1. The number of ether oxygens (including phenoxy) is 1. The van der Waals surface area contributed by atoms with E-state index in [1.54, 1.807) is 30.8 Å². The summed E-state index contributed by atoms with van der Waals surface area (Å²) in [5.74, 6) is -0.638. The summed E-state index contributed by atoms with van der Waals surface area (Å²) in [6, 6.07) is 4.92. The molecule has 1 amide bonds. The molecule has 0 bridgehead atoms. The highest BCUT2D eigenvalue weighted by Gasteiger charge is 2.18. The molecule has 1 N–H and O–H groups in total. The molecule has 0 radical (unpaired) electrons. The Morgan fingerprint density at radius 3 is 2.53 bits per heavy atom. The van der Waals surface area contributed by atoms with E-state index >= 15 is 0 Å². The first-order valence-electron chi connectivity index (χ1n) is 5.53. The smallest absolute Gasteiger partial charge is 0.328 e. The topological polar surface area (TPSA) is 59.3 Å². The second kappa shape index (κ2) is 6.62. The van der Waals surface area contributed by atoms with Crippen LogP contribution < -0.4 is 9.88 Å². The summed E-state index contributed by atoms with van der Waals surface area (Å²) in [6.45, 7) is 3.83. The van der Waals surface area contributed by atoms with Gasteiger partial charge in [-0.1, -0.05) is 6.07 Å². The van der Waals surface area contributed by atoms with E-state index in [-0.39, 0.29) is 12.5 Å². The number of aromatic nitrogens is 1. The van der Waals surface area contributed by atoms with Crippen LogP contribution in [0, 0.1) is 0 Å². The number of rotatable bonds is 5. The highest BCUT2D eigenvalue weighted by Crippen LogP contribution is 1.88. The van der Waals surface area contributed by atoms with Crippen LogP contribution in [-0.2, 0) is 20.9 Å². The molecule has 0 aliphatic carbocycles. The van der Waals surface area contributed by atoms with Crippen molar-refractivity contribution in [3.8, 4) is 0 Å². The predicted octanol–water partition coefficient (Wildman–Crippen LogP) is 0.0419. The Balaban J connectivity index is 2.42. The molecule has 17 heavy (non-hydrogen) atoms. The van der Waals surface area contributed by atoms with Crippen LogP contribution in [0.5, 0.6) is 0 Å². The Morgan fingerprint density at radius 2 is 1.94 bits per heavy atom.